The van der Waals surface area contributed by atoms with E-state index in [0.29, 0.717) is 13.0 Å². The van der Waals surface area contributed by atoms with Gasteiger partial charge in [-0.15, -0.1) is 0 Å². The van der Waals surface area contributed by atoms with E-state index in [-0.39, 0.29) is 6.67 Å². The van der Waals surface area contributed by atoms with Crippen molar-refractivity contribution in [2.45, 2.75) is 11.8 Å². The van der Waals surface area contributed by atoms with Crippen LogP contribution in [0.2, 0.25) is 0 Å². The zero-order valence-electron chi connectivity index (χ0n) is 7.60. The number of halogens is 3. The molecule has 1 aromatic rings. The van der Waals surface area contributed by atoms with Crippen LogP contribution in [-0.2, 0) is 5.33 Å². The van der Waals surface area contributed by atoms with E-state index in [1.807, 2.05) is 18.2 Å². The summed E-state index contributed by atoms with van der Waals surface area (Å²) in [6, 6.07) is 5.85. The summed E-state index contributed by atoms with van der Waals surface area (Å²) >= 11 is 6.77. The van der Waals surface area contributed by atoms with Crippen LogP contribution in [0.25, 0.3) is 0 Å². The smallest absolute Gasteiger partial charge is 0.133 e. The van der Waals surface area contributed by atoms with Crippen LogP contribution >= 0.6 is 31.9 Å². The fourth-order valence-corrected chi connectivity index (χ4v) is 1.87. The quantitative estimate of drug-likeness (QED) is 0.585. The van der Waals surface area contributed by atoms with Crippen LogP contribution in [-0.4, -0.2) is 13.3 Å². The van der Waals surface area contributed by atoms with Gasteiger partial charge in [0.25, 0.3) is 0 Å². The normalized spacial score (nSPS) is 10.2. The molecule has 1 aromatic carbocycles. The highest BCUT2D eigenvalue weighted by Crippen LogP contribution is 2.26. The third-order valence-electron chi connectivity index (χ3n) is 1.69. The first kappa shape index (κ1) is 12.0. The van der Waals surface area contributed by atoms with E-state index in [1.165, 1.54) is 5.56 Å². The Morgan fingerprint density at radius 1 is 1.36 bits per heavy atom. The lowest BCUT2D eigenvalue weighted by Gasteiger charge is -2.07. The van der Waals surface area contributed by atoms with Gasteiger partial charge in [0.15, 0.2) is 0 Å². The zero-order chi connectivity index (χ0) is 10.4. The van der Waals surface area contributed by atoms with E-state index in [0.717, 1.165) is 15.6 Å². The molecule has 0 fully saturated rings. The number of benzene rings is 1. The largest absolute Gasteiger partial charge is 0.492 e. The minimum atomic E-state index is -0.336. The molecule has 0 radical (unpaired) electrons. The highest BCUT2D eigenvalue weighted by Gasteiger charge is 2.01. The van der Waals surface area contributed by atoms with E-state index in [9.17, 15) is 4.39 Å². The molecule has 0 amide bonds. The second-order valence-corrected chi connectivity index (χ2v) is 4.20. The molecular formula is C10H11Br2FO. The Morgan fingerprint density at radius 3 is 2.71 bits per heavy atom. The Bertz CT molecular complexity index is 291. The van der Waals surface area contributed by atoms with Crippen molar-refractivity contribution in [3.63, 3.8) is 0 Å². The number of rotatable bonds is 5. The van der Waals surface area contributed by atoms with E-state index in [1.54, 1.807) is 0 Å². The number of alkyl halides is 2. The summed E-state index contributed by atoms with van der Waals surface area (Å²) < 4.78 is 18.1. The lowest BCUT2D eigenvalue weighted by atomic mass is 10.2. The van der Waals surface area contributed by atoms with Crippen molar-refractivity contribution in [1.82, 2.24) is 0 Å². The molecule has 0 bridgehead atoms. The van der Waals surface area contributed by atoms with Crippen molar-refractivity contribution >= 4 is 31.9 Å². The van der Waals surface area contributed by atoms with Crippen molar-refractivity contribution in [3.05, 3.63) is 28.2 Å². The summed E-state index contributed by atoms with van der Waals surface area (Å²) in [5, 5.41) is 0.816. The molecule has 0 N–H and O–H groups in total. The fourth-order valence-electron chi connectivity index (χ4n) is 0.981. The van der Waals surface area contributed by atoms with Gasteiger partial charge in [-0.1, -0.05) is 22.0 Å². The molecule has 0 heterocycles. The SMILES string of the molecule is FCCCOc1ccc(CBr)cc1Br. The summed E-state index contributed by atoms with van der Waals surface area (Å²) in [7, 11) is 0. The topological polar surface area (TPSA) is 9.23 Å². The van der Waals surface area contributed by atoms with Gasteiger partial charge >= 0.3 is 0 Å². The monoisotopic (exact) mass is 324 g/mol. The molecule has 78 valence electrons. The van der Waals surface area contributed by atoms with E-state index >= 15 is 0 Å². The van der Waals surface area contributed by atoms with Crippen molar-refractivity contribution in [1.29, 1.82) is 0 Å². The molecular weight excluding hydrogens is 315 g/mol. The molecule has 0 saturated heterocycles. The van der Waals surface area contributed by atoms with Gasteiger partial charge in [0.05, 0.1) is 17.8 Å². The van der Waals surface area contributed by atoms with Crippen LogP contribution in [0.1, 0.15) is 12.0 Å². The third kappa shape index (κ3) is 3.58. The number of hydrogen-bond acceptors (Lipinski definition) is 1. The summed E-state index contributed by atoms with van der Waals surface area (Å²) in [5.41, 5.74) is 1.18. The molecule has 1 nitrogen and oxygen atoms in total. The van der Waals surface area contributed by atoms with Crippen molar-refractivity contribution in [2.75, 3.05) is 13.3 Å². The van der Waals surface area contributed by atoms with Crippen LogP contribution in [0.15, 0.2) is 22.7 Å². The summed E-state index contributed by atoms with van der Waals surface area (Å²) in [6.45, 7) is 0.0832. The minimum absolute atomic E-state index is 0.336. The molecule has 4 heteroatoms. The molecule has 0 aliphatic carbocycles. The van der Waals surface area contributed by atoms with Gasteiger partial charge < -0.3 is 4.74 Å². The maximum atomic E-state index is 11.8. The van der Waals surface area contributed by atoms with E-state index in [4.69, 9.17) is 4.74 Å². The molecule has 0 aliphatic rings. The van der Waals surface area contributed by atoms with Gasteiger partial charge in [-0.3, -0.25) is 4.39 Å². The molecule has 1 rings (SSSR count). The van der Waals surface area contributed by atoms with Crippen molar-refractivity contribution in [2.24, 2.45) is 0 Å². The highest BCUT2D eigenvalue weighted by molar-refractivity contribution is 9.10. The third-order valence-corrected chi connectivity index (χ3v) is 2.95. The Labute approximate surface area is 99.9 Å². The molecule has 0 aliphatic heterocycles. The first-order valence-corrected chi connectivity index (χ1v) is 6.22. The predicted molar refractivity (Wildman–Crippen MR) is 62.9 cm³/mol. The maximum absolute atomic E-state index is 11.8. The van der Waals surface area contributed by atoms with Gasteiger partial charge in [-0.25, -0.2) is 0 Å². The second kappa shape index (κ2) is 6.40. The van der Waals surface area contributed by atoms with Gasteiger partial charge in [0, 0.05) is 11.8 Å². The average Bonchev–Trinajstić information content (AvgIpc) is 2.20. The van der Waals surface area contributed by atoms with E-state index in [2.05, 4.69) is 31.9 Å². The lowest BCUT2D eigenvalue weighted by molar-refractivity contribution is 0.288. The van der Waals surface area contributed by atoms with Crippen LogP contribution < -0.4 is 4.74 Å². The Balaban J connectivity index is 2.59. The molecule has 0 saturated carbocycles. The van der Waals surface area contributed by atoms with Gasteiger partial charge in [-0.2, -0.15) is 0 Å². The molecule has 0 aromatic heterocycles. The maximum Gasteiger partial charge on any atom is 0.133 e. The first-order valence-electron chi connectivity index (χ1n) is 4.31. The Morgan fingerprint density at radius 2 is 2.14 bits per heavy atom. The van der Waals surface area contributed by atoms with Crippen LogP contribution in [0.4, 0.5) is 4.39 Å². The van der Waals surface area contributed by atoms with Crippen LogP contribution in [0, 0.1) is 0 Å². The zero-order valence-corrected chi connectivity index (χ0v) is 10.8. The van der Waals surface area contributed by atoms with E-state index < -0.39 is 0 Å². The Hall–Kier alpha value is -0.0900. The molecule has 0 spiro atoms. The molecule has 0 atom stereocenters. The number of ether oxygens (including phenoxy) is 1. The van der Waals surface area contributed by atoms with Crippen molar-refractivity contribution < 1.29 is 9.13 Å². The molecule has 0 unspecified atom stereocenters. The van der Waals surface area contributed by atoms with Crippen LogP contribution in [0.3, 0.4) is 0 Å². The summed E-state index contributed by atoms with van der Waals surface area (Å²) in [5.74, 6) is 0.767. The Kier molecular flexibility index (Phi) is 5.48. The van der Waals surface area contributed by atoms with Crippen molar-refractivity contribution in [3.8, 4) is 5.75 Å². The van der Waals surface area contributed by atoms with Gasteiger partial charge in [0.2, 0.25) is 0 Å². The van der Waals surface area contributed by atoms with Gasteiger partial charge in [0.1, 0.15) is 5.75 Å². The average molecular weight is 326 g/mol. The van der Waals surface area contributed by atoms with Gasteiger partial charge in [-0.05, 0) is 33.6 Å². The highest BCUT2D eigenvalue weighted by atomic mass is 79.9. The molecule has 14 heavy (non-hydrogen) atoms. The second-order valence-electron chi connectivity index (χ2n) is 2.79. The predicted octanol–water partition coefficient (Wildman–Crippen LogP) is 4.08. The fraction of sp³-hybridized carbons (Fsp3) is 0.400. The number of hydrogen-bond donors (Lipinski definition) is 0. The summed E-state index contributed by atoms with van der Waals surface area (Å²) in [4.78, 5) is 0. The summed E-state index contributed by atoms with van der Waals surface area (Å²) in [6.07, 6.45) is 0.437. The van der Waals surface area contributed by atoms with Crippen LogP contribution in [0.5, 0.6) is 5.75 Å². The lowest BCUT2D eigenvalue weighted by Crippen LogP contribution is -1.98. The standard InChI is InChI=1S/C10H11Br2FO/c11-7-8-2-3-10(9(12)6-8)14-5-1-4-13/h2-3,6H,1,4-5,7H2. The first-order chi connectivity index (χ1) is 6.77. The minimum Gasteiger partial charge on any atom is -0.492 e.